The minimum atomic E-state index is 0.0192. The molecular formula is C22H26N2O4S. The van der Waals surface area contributed by atoms with Crippen molar-refractivity contribution in [2.24, 2.45) is 0 Å². The maximum atomic E-state index is 13.1. The van der Waals surface area contributed by atoms with Gasteiger partial charge in [0.15, 0.2) is 11.5 Å². The van der Waals surface area contributed by atoms with Gasteiger partial charge >= 0.3 is 0 Å². The third kappa shape index (κ3) is 3.72. The fourth-order valence-electron chi connectivity index (χ4n) is 4.03. The maximum absolute atomic E-state index is 13.1. The van der Waals surface area contributed by atoms with Gasteiger partial charge in [0, 0.05) is 19.6 Å². The van der Waals surface area contributed by atoms with E-state index < -0.39 is 0 Å². The third-order valence-corrected chi connectivity index (χ3v) is 6.79. The molecule has 0 unspecified atom stereocenters. The number of hydrogen-bond donors (Lipinski definition) is 0. The molecule has 154 valence electrons. The van der Waals surface area contributed by atoms with Gasteiger partial charge in [-0.2, -0.15) is 0 Å². The maximum Gasteiger partial charge on any atom is 0.269 e. The van der Waals surface area contributed by atoms with Crippen LogP contribution in [0.15, 0.2) is 41.2 Å². The van der Waals surface area contributed by atoms with Crippen molar-refractivity contribution >= 4 is 21.6 Å². The number of rotatable bonds is 6. The number of methoxy groups -OCH3 is 3. The van der Waals surface area contributed by atoms with Crippen LogP contribution in [0.25, 0.3) is 10.1 Å². The van der Waals surface area contributed by atoms with E-state index in [2.05, 4.69) is 29.2 Å². The van der Waals surface area contributed by atoms with Crippen LogP contribution < -0.4 is 19.8 Å². The Morgan fingerprint density at radius 3 is 2.31 bits per heavy atom. The molecule has 1 aliphatic rings. The molecule has 0 spiro atoms. The Labute approximate surface area is 174 Å². The molecular weight excluding hydrogens is 388 g/mol. The third-order valence-electron chi connectivity index (χ3n) is 5.54. The number of piperidine rings is 1. The van der Waals surface area contributed by atoms with Gasteiger partial charge in [-0.05, 0) is 24.5 Å². The van der Waals surface area contributed by atoms with E-state index in [4.69, 9.17) is 14.2 Å². The van der Waals surface area contributed by atoms with E-state index in [9.17, 15) is 4.79 Å². The molecule has 0 saturated carbocycles. The van der Waals surface area contributed by atoms with Crippen molar-refractivity contribution < 1.29 is 14.2 Å². The van der Waals surface area contributed by atoms with E-state index in [0.717, 1.165) is 37.2 Å². The lowest BCUT2D eigenvalue weighted by atomic mass is 10.0. The zero-order valence-corrected chi connectivity index (χ0v) is 17.8. The first-order chi connectivity index (χ1) is 14.2. The molecule has 3 aromatic rings. The Kier molecular flexibility index (Phi) is 5.78. The topological polar surface area (TPSA) is 52.9 Å². The first kappa shape index (κ1) is 19.8. The standard InChI is InChI=1S/C22H26N2O4S/c1-26-18-13-17-21(20(28-3)19(18)27-2)29-24(22(17)25)16-9-11-23(12-10-16)14-15-7-5-4-6-8-15/h4-8,13,16H,9-12,14H2,1-3H3. The quantitative estimate of drug-likeness (QED) is 0.612. The van der Waals surface area contributed by atoms with Gasteiger partial charge in [-0.1, -0.05) is 41.9 Å². The summed E-state index contributed by atoms with van der Waals surface area (Å²) in [6, 6.07) is 12.5. The van der Waals surface area contributed by atoms with Crippen molar-refractivity contribution in [3.63, 3.8) is 0 Å². The second kappa shape index (κ2) is 8.47. The normalized spacial score (nSPS) is 15.6. The predicted molar refractivity (Wildman–Crippen MR) is 116 cm³/mol. The average molecular weight is 415 g/mol. The zero-order chi connectivity index (χ0) is 20.4. The van der Waals surface area contributed by atoms with Gasteiger partial charge in [-0.15, -0.1) is 0 Å². The lowest BCUT2D eigenvalue weighted by Crippen LogP contribution is -2.35. The lowest BCUT2D eigenvalue weighted by Gasteiger charge is -2.31. The van der Waals surface area contributed by atoms with E-state index in [1.165, 1.54) is 17.1 Å². The second-order valence-electron chi connectivity index (χ2n) is 7.24. The molecule has 0 bridgehead atoms. The van der Waals surface area contributed by atoms with Crippen LogP contribution in [0.3, 0.4) is 0 Å². The smallest absolute Gasteiger partial charge is 0.269 e. The largest absolute Gasteiger partial charge is 0.493 e. The molecule has 1 fully saturated rings. The molecule has 0 atom stereocenters. The van der Waals surface area contributed by atoms with Gasteiger partial charge in [-0.25, -0.2) is 0 Å². The highest BCUT2D eigenvalue weighted by molar-refractivity contribution is 7.14. The van der Waals surface area contributed by atoms with E-state index in [-0.39, 0.29) is 11.6 Å². The fourth-order valence-corrected chi connectivity index (χ4v) is 5.27. The summed E-state index contributed by atoms with van der Waals surface area (Å²) in [6.07, 6.45) is 1.91. The molecule has 2 aromatic carbocycles. The molecule has 0 aliphatic carbocycles. The van der Waals surface area contributed by atoms with Gasteiger partial charge < -0.3 is 14.2 Å². The van der Waals surface area contributed by atoms with Gasteiger partial charge in [0.1, 0.15) is 4.70 Å². The number of nitrogens with zero attached hydrogens (tertiary/aromatic N) is 2. The first-order valence-corrected chi connectivity index (χ1v) is 10.5. The molecule has 0 amide bonds. The molecule has 6 nitrogen and oxygen atoms in total. The summed E-state index contributed by atoms with van der Waals surface area (Å²) in [4.78, 5) is 15.6. The van der Waals surface area contributed by atoms with Crippen LogP contribution in [0.2, 0.25) is 0 Å². The summed E-state index contributed by atoms with van der Waals surface area (Å²) in [5.41, 5.74) is 1.35. The number of aromatic nitrogens is 1. The molecule has 1 saturated heterocycles. The van der Waals surface area contributed by atoms with Gasteiger partial charge in [0.25, 0.3) is 5.56 Å². The summed E-state index contributed by atoms with van der Waals surface area (Å²) >= 11 is 1.46. The highest BCUT2D eigenvalue weighted by Gasteiger charge is 2.26. The minimum Gasteiger partial charge on any atom is -0.493 e. The van der Waals surface area contributed by atoms with E-state index in [0.29, 0.717) is 22.6 Å². The summed E-state index contributed by atoms with van der Waals surface area (Å²) in [7, 11) is 4.73. The van der Waals surface area contributed by atoms with Gasteiger partial charge in [0.2, 0.25) is 5.75 Å². The number of ether oxygens (including phenoxy) is 3. The van der Waals surface area contributed by atoms with Crippen LogP contribution in [0.5, 0.6) is 17.2 Å². The summed E-state index contributed by atoms with van der Waals surface area (Å²) in [6.45, 7) is 2.91. The van der Waals surface area contributed by atoms with Crippen LogP contribution in [-0.4, -0.2) is 43.3 Å². The van der Waals surface area contributed by atoms with E-state index >= 15 is 0 Å². The minimum absolute atomic E-state index is 0.0192. The van der Waals surface area contributed by atoms with Crippen molar-refractivity contribution in [1.29, 1.82) is 0 Å². The number of benzene rings is 2. The highest BCUT2D eigenvalue weighted by atomic mass is 32.1. The lowest BCUT2D eigenvalue weighted by molar-refractivity contribution is 0.183. The summed E-state index contributed by atoms with van der Waals surface area (Å²) < 4.78 is 19.2. The monoisotopic (exact) mass is 414 g/mol. The number of likely N-dealkylation sites (tertiary alicyclic amines) is 1. The second-order valence-corrected chi connectivity index (χ2v) is 8.22. The molecule has 1 aliphatic heterocycles. The highest BCUT2D eigenvalue weighted by Crippen LogP contribution is 2.45. The Balaban J connectivity index is 1.59. The van der Waals surface area contributed by atoms with Crippen molar-refractivity contribution in [3.05, 3.63) is 52.3 Å². The van der Waals surface area contributed by atoms with Crippen molar-refractivity contribution in [3.8, 4) is 17.2 Å². The van der Waals surface area contributed by atoms with Crippen molar-refractivity contribution in [2.75, 3.05) is 34.4 Å². The fraction of sp³-hybridized carbons (Fsp3) is 0.409. The average Bonchev–Trinajstić information content (AvgIpc) is 3.09. The molecule has 29 heavy (non-hydrogen) atoms. The first-order valence-electron chi connectivity index (χ1n) is 9.77. The number of hydrogen-bond acceptors (Lipinski definition) is 6. The predicted octanol–water partition coefficient (Wildman–Crippen LogP) is 3.93. The van der Waals surface area contributed by atoms with Crippen LogP contribution in [0.1, 0.15) is 24.4 Å². The molecule has 4 rings (SSSR count). The Bertz CT molecular complexity index is 1040. The van der Waals surface area contributed by atoms with Crippen LogP contribution >= 0.6 is 11.5 Å². The molecule has 0 radical (unpaired) electrons. The Morgan fingerprint density at radius 2 is 1.69 bits per heavy atom. The van der Waals surface area contributed by atoms with Crippen molar-refractivity contribution in [1.82, 2.24) is 8.86 Å². The van der Waals surface area contributed by atoms with E-state index in [1.807, 2.05) is 10.0 Å². The summed E-state index contributed by atoms with van der Waals surface area (Å²) in [5, 5.41) is 0.621. The number of fused-ring (bicyclic) bond motifs is 1. The molecule has 7 heteroatoms. The van der Waals surface area contributed by atoms with E-state index in [1.54, 1.807) is 27.4 Å². The Hall–Kier alpha value is -2.51. The Morgan fingerprint density at radius 1 is 1.00 bits per heavy atom. The molecule has 2 heterocycles. The van der Waals surface area contributed by atoms with Gasteiger partial charge in [0.05, 0.1) is 32.8 Å². The van der Waals surface area contributed by atoms with Crippen LogP contribution in [0.4, 0.5) is 0 Å². The molecule has 1 aromatic heterocycles. The van der Waals surface area contributed by atoms with Crippen LogP contribution in [-0.2, 0) is 6.54 Å². The van der Waals surface area contributed by atoms with Gasteiger partial charge in [-0.3, -0.25) is 13.7 Å². The molecule has 0 N–H and O–H groups in total. The van der Waals surface area contributed by atoms with Crippen LogP contribution in [0, 0.1) is 0 Å². The van der Waals surface area contributed by atoms with Crippen molar-refractivity contribution in [2.45, 2.75) is 25.4 Å². The zero-order valence-electron chi connectivity index (χ0n) is 17.0. The summed E-state index contributed by atoms with van der Waals surface area (Å²) in [5.74, 6) is 1.59. The SMILES string of the molecule is COc1cc2c(=O)n(C3CCN(Cc4ccccc4)CC3)sc2c(OC)c1OC.